The standard InChI is InChI=1S/C26H27N3OS/c1-6-20-11-7-8-13-23(20)29-17(3)14-21(19(29)5)15-24-25(30)28-26(31-24)27-22-12-9-10-16(2)18(22)4/h7-15H,6H2,1-5H3,(H,27,28,30)/b24-15-. The van der Waals surface area contributed by atoms with Gasteiger partial charge in [0.2, 0.25) is 0 Å². The number of aromatic nitrogens is 1. The SMILES string of the molecule is CCc1ccccc1-n1c(C)cc(/C=C2\SC(=Nc3cccc(C)c3C)NC2=O)c1C. The molecule has 5 heteroatoms. The van der Waals surface area contributed by atoms with Gasteiger partial charge in [-0.25, -0.2) is 4.99 Å². The molecule has 1 fully saturated rings. The molecular weight excluding hydrogens is 402 g/mol. The van der Waals surface area contributed by atoms with Gasteiger partial charge in [-0.05, 0) is 92.4 Å². The van der Waals surface area contributed by atoms with E-state index in [4.69, 9.17) is 0 Å². The highest BCUT2D eigenvalue weighted by atomic mass is 32.2. The normalized spacial score (nSPS) is 16.4. The Morgan fingerprint density at radius 2 is 1.84 bits per heavy atom. The molecule has 1 N–H and O–H groups in total. The van der Waals surface area contributed by atoms with Gasteiger partial charge >= 0.3 is 0 Å². The number of amidine groups is 1. The minimum absolute atomic E-state index is 0.104. The Morgan fingerprint density at radius 3 is 2.61 bits per heavy atom. The highest BCUT2D eigenvalue weighted by molar-refractivity contribution is 8.18. The van der Waals surface area contributed by atoms with Crippen molar-refractivity contribution in [3.8, 4) is 5.69 Å². The van der Waals surface area contributed by atoms with E-state index >= 15 is 0 Å². The number of nitrogens with zero attached hydrogens (tertiary/aromatic N) is 2. The predicted molar refractivity (Wildman–Crippen MR) is 131 cm³/mol. The molecule has 1 amide bonds. The van der Waals surface area contributed by atoms with Crippen molar-refractivity contribution in [2.45, 2.75) is 41.0 Å². The third kappa shape index (κ3) is 4.10. The van der Waals surface area contributed by atoms with E-state index < -0.39 is 0 Å². The Labute approximate surface area is 188 Å². The Kier molecular flexibility index (Phi) is 5.88. The quantitative estimate of drug-likeness (QED) is 0.505. The number of thioether (sulfide) groups is 1. The van der Waals surface area contributed by atoms with Crippen LogP contribution in [0.25, 0.3) is 11.8 Å². The summed E-state index contributed by atoms with van der Waals surface area (Å²) in [6, 6.07) is 16.6. The van der Waals surface area contributed by atoms with E-state index in [1.807, 2.05) is 18.2 Å². The topological polar surface area (TPSA) is 46.4 Å². The summed E-state index contributed by atoms with van der Waals surface area (Å²) >= 11 is 1.39. The molecule has 0 saturated carbocycles. The van der Waals surface area contributed by atoms with Crippen LogP contribution in [0.5, 0.6) is 0 Å². The number of amides is 1. The summed E-state index contributed by atoms with van der Waals surface area (Å²) in [4.78, 5) is 18.0. The van der Waals surface area contributed by atoms with E-state index in [0.717, 1.165) is 34.6 Å². The Bertz CT molecular complexity index is 1230. The van der Waals surface area contributed by atoms with Gasteiger partial charge in [0.1, 0.15) is 0 Å². The zero-order chi connectivity index (χ0) is 22.1. The second-order valence-corrected chi connectivity index (χ2v) is 8.88. The highest BCUT2D eigenvalue weighted by Crippen LogP contribution is 2.32. The van der Waals surface area contributed by atoms with E-state index in [-0.39, 0.29) is 5.91 Å². The molecule has 0 aliphatic carbocycles. The van der Waals surface area contributed by atoms with Gasteiger partial charge in [-0.15, -0.1) is 0 Å². The fourth-order valence-electron chi connectivity index (χ4n) is 3.92. The first-order valence-corrected chi connectivity index (χ1v) is 11.3. The Morgan fingerprint density at radius 1 is 1.06 bits per heavy atom. The van der Waals surface area contributed by atoms with Crippen LogP contribution in [0.15, 0.2) is 58.4 Å². The van der Waals surface area contributed by atoms with Crippen molar-refractivity contribution in [3.63, 3.8) is 0 Å². The molecule has 3 aromatic rings. The molecule has 2 heterocycles. The molecule has 0 spiro atoms. The fourth-order valence-corrected chi connectivity index (χ4v) is 4.75. The van der Waals surface area contributed by atoms with Gasteiger partial charge in [0.05, 0.1) is 10.6 Å². The van der Waals surface area contributed by atoms with Crippen LogP contribution in [0.3, 0.4) is 0 Å². The first-order chi connectivity index (χ1) is 14.9. The number of benzene rings is 2. The summed E-state index contributed by atoms with van der Waals surface area (Å²) in [5, 5.41) is 3.53. The van der Waals surface area contributed by atoms with Crippen LogP contribution in [0.1, 0.15) is 40.6 Å². The van der Waals surface area contributed by atoms with Gasteiger partial charge in [0.15, 0.2) is 5.17 Å². The van der Waals surface area contributed by atoms with Crippen molar-refractivity contribution in [2.75, 3.05) is 0 Å². The lowest BCUT2D eigenvalue weighted by atomic mass is 10.1. The van der Waals surface area contributed by atoms with Crippen LogP contribution < -0.4 is 5.32 Å². The number of aliphatic imine (C=N–C) groups is 1. The molecular formula is C26H27N3OS. The van der Waals surface area contributed by atoms with Crippen molar-refractivity contribution in [1.82, 2.24) is 9.88 Å². The maximum Gasteiger partial charge on any atom is 0.264 e. The molecule has 0 bridgehead atoms. The summed E-state index contributed by atoms with van der Waals surface area (Å²) < 4.78 is 2.27. The number of rotatable bonds is 4. The number of para-hydroxylation sites is 1. The maximum atomic E-state index is 12.6. The molecule has 1 saturated heterocycles. The van der Waals surface area contributed by atoms with Crippen LogP contribution in [0.2, 0.25) is 0 Å². The van der Waals surface area contributed by atoms with E-state index in [0.29, 0.717) is 10.1 Å². The van der Waals surface area contributed by atoms with Gasteiger partial charge < -0.3 is 9.88 Å². The van der Waals surface area contributed by atoms with E-state index in [1.54, 1.807) is 0 Å². The zero-order valence-electron chi connectivity index (χ0n) is 18.6. The highest BCUT2D eigenvalue weighted by Gasteiger charge is 2.25. The van der Waals surface area contributed by atoms with Crippen LogP contribution in [0.4, 0.5) is 5.69 Å². The number of aryl methyl sites for hydroxylation is 3. The lowest BCUT2D eigenvalue weighted by Gasteiger charge is -2.14. The van der Waals surface area contributed by atoms with E-state index in [2.05, 4.69) is 85.9 Å². The molecule has 0 unspecified atom stereocenters. The fraction of sp³-hybridized carbons (Fsp3) is 0.231. The molecule has 4 rings (SSSR count). The maximum absolute atomic E-state index is 12.6. The summed E-state index contributed by atoms with van der Waals surface area (Å²) in [5.41, 5.74) is 9.03. The molecule has 0 atom stereocenters. The van der Waals surface area contributed by atoms with Crippen LogP contribution in [-0.2, 0) is 11.2 Å². The van der Waals surface area contributed by atoms with Crippen LogP contribution in [-0.4, -0.2) is 15.6 Å². The molecule has 2 aromatic carbocycles. The number of nitrogens with one attached hydrogen (secondary N) is 1. The lowest BCUT2D eigenvalue weighted by molar-refractivity contribution is -0.115. The number of carbonyl (C=O) groups excluding carboxylic acids is 1. The lowest BCUT2D eigenvalue weighted by Crippen LogP contribution is -2.19. The largest absolute Gasteiger partial charge is 0.318 e. The van der Waals surface area contributed by atoms with Gasteiger partial charge in [0.25, 0.3) is 5.91 Å². The molecule has 4 nitrogen and oxygen atoms in total. The van der Waals surface area contributed by atoms with Crippen molar-refractivity contribution in [1.29, 1.82) is 0 Å². The third-order valence-electron chi connectivity index (χ3n) is 5.82. The number of carbonyl (C=O) groups is 1. The number of hydrogen-bond acceptors (Lipinski definition) is 3. The minimum atomic E-state index is -0.104. The van der Waals surface area contributed by atoms with Gasteiger partial charge in [-0.2, -0.15) is 0 Å². The van der Waals surface area contributed by atoms with Gasteiger partial charge in [0, 0.05) is 17.1 Å². The third-order valence-corrected chi connectivity index (χ3v) is 6.73. The smallest absolute Gasteiger partial charge is 0.264 e. The van der Waals surface area contributed by atoms with Crippen molar-refractivity contribution in [2.24, 2.45) is 4.99 Å². The molecule has 158 valence electrons. The molecule has 1 aromatic heterocycles. The van der Waals surface area contributed by atoms with Gasteiger partial charge in [-0.3, -0.25) is 4.79 Å². The summed E-state index contributed by atoms with van der Waals surface area (Å²) in [5.74, 6) is -0.104. The molecule has 1 aliphatic heterocycles. The molecule has 31 heavy (non-hydrogen) atoms. The molecule has 0 radical (unpaired) electrons. The average molecular weight is 430 g/mol. The van der Waals surface area contributed by atoms with Crippen LogP contribution in [0, 0.1) is 27.7 Å². The van der Waals surface area contributed by atoms with Crippen LogP contribution >= 0.6 is 11.8 Å². The summed E-state index contributed by atoms with van der Waals surface area (Å²) in [6.07, 6.45) is 2.94. The zero-order valence-corrected chi connectivity index (χ0v) is 19.4. The molecule has 1 aliphatic rings. The summed E-state index contributed by atoms with van der Waals surface area (Å²) in [6.45, 7) is 10.5. The first kappa shape index (κ1) is 21.2. The Hall–Kier alpha value is -3.05. The monoisotopic (exact) mass is 429 g/mol. The van der Waals surface area contributed by atoms with Crippen molar-refractivity contribution >= 4 is 34.6 Å². The number of hydrogen-bond donors (Lipinski definition) is 1. The van der Waals surface area contributed by atoms with Crippen molar-refractivity contribution in [3.05, 3.63) is 87.1 Å². The average Bonchev–Trinajstić information content (AvgIpc) is 3.23. The Balaban J connectivity index is 1.68. The van der Waals surface area contributed by atoms with Gasteiger partial charge in [-0.1, -0.05) is 37.3 Å². The summed E-state index contributed by atoms with van der Waals surface area (Å²) in [7, 11) is 0. The second-order valence-electron chi connectivity index (χ2n) is 7.84. The predicted octanol–water partition coefficient (Wildman–Crippen LogP) is 6.16. The minimum Gasteiger partial charge on any atom is -0.318 e. The second kappa shape index (κ2) is 8.60. The van der Waals surface area contributed by atoms with E-state index in [9.17, 15) is 4.79 Å². The first-order valence-electron chi connectivity index (χ1n) is 10.5. The van der Waals surface area contributed by atoms with E-state index in [1.165, 1.54) is 28.6 Å². The van der Waals surface area contributed by atoms with Crippen molar-refractivity contribution < 1.29 is 4.79 Å².